The summed E-state index contributed by atoms with van der Waals surface area (Å²) in [6, 6.07) is 9.51. The van der Waals surface area contributed by atoms with E-state index in [1.807, 2.05) is 6.07 Å². The van der Waals surface area contributed by atoms with E-state index in [1.54, 1.807) is 17.4 Å². The number of fused-ring (bicyclic) bond motifs is 3. The smallest absolute Gasteiger partial charge is 0.143 e. The number of hydrogen-bond acceptors (Lipinski definition) is 4. The molecule has 1 aromatic carbocycles. The molecule has 0 spiro atoms. The van der Waals surface area contributed by atoms with Crippen LogP contribution in [0.4, 0.5) is 4.39 Å². The van der Waals surface area contributed by atoms with Gasteiger partial charge in [0, 0.05) is 21.5 Å². The highest BCUT2D eigenvalue weighted by Crippen LogP contribution is 2.34. The van der Waals surface area contributed by atoms with Crippen molar-refractivity contribution < 1.29 is 4.39 Å². The van der Waals surface area contributed by atoms with Gasteiger partial charge in [0.2, 0.25) is 0 Å². The summed E-state index contributed by atoms with van der Waals surface area (Å²) in [4.78, 5) is 1.28. The molecule has 7 heteroatoms. The molecule has 0 aliphatic heterocycles. The van der Waals surface area contributed by atoms with E-state index in [1.165, 1.54) is 32.9 Å². The number of aromatic nitrogens is 3. The SMILES string of the molecule is CCc1nnc(SCc2ccc(Br)cc2F)c2cc3sc(C)cc3n12. The lowest BCUT2D eigenvalue weighted by molar-refractivity contribution is 0.616. The molecule has 4 aromatic rings. The maximum atomic E-state index is 14.1. The average Bonchev–Trinajstić information content (AvgIpc) is 3.10. The number of thioether (sulfide) groups is 1. The molecule has 0 radical (unpaired) electrons. The average molecular weight is 436 g/mol. The largest absolute Gasteiger partial charge is 0.293 e. The van der Waals surface area contributed by atoms with Crippen LogP contribution in [0.2, 0.25) is 0 Å². The highest BCUT2D eigenvalue weighted by atomic mass is 79.9. The molecule has 0 aliphatic rings. The van der Waals surface area contributed by atoms with Gasteiger partial charge in [-0.2, -0.15) is 0 Å². The van der Waals surface area contributed by atoms with Crippen molar-refractivity contribution in [2.24, 2.45) is 0 Å². The molecule has 128 valence electrons. The third kappa shape index (κ3) is 3.09. The van der Waals surface area contributed by atoms with Gasteiger partial charge in [0.25, 0.3) is 0 Å². The van der Waals surface area contributed by atoms with Gasteiger partial charge in [0.05, 0.1) is 15.7 Å². The second-order valence-electron chi connectivity index (χ2n) is 5.77. The van der Waals surface area contributed by atoms with Crippen molar-refractivity contribution in [2.45, 2.75) is 31.0 Å². The van der Waals surface area contributed by atoms with E-state index in [-0.39, 0.29) is 5.82 Å². The minimum atomic E-state index is -0.206. The van der Waals surface area contributed by atoms with Crippen LogP contribution >= 0.6 is 39.0 Å². The summed E-state index contributed by atoms with van der Waals surface area (Å²) in [6.07, 6.45) is 0.814. The maximum Gasteiger partial charge on any atom is 0.143 e. The number of rotatable bonds is 4. The second kappa shape index (κ2) is 6.70. The Balaban J connectivity index is 1.76. The fourth-order valence-electron chi connectivity index (χ4n) is 2.87. The molecule has 0 fully saturated rings. The summed E-state index contributed by atoms with van der Waals surface area (Å²) < 4.78 is 18.2. The molecule has 3 nitrogen and oxygen atoms in total. The van der Waals surface area contributed by atoms with E-state index in [0.717, 1.165) is 27.3 Å². The van der Waals surface area contributed by atoms with Crippen molar-refractivity contribution in [3.8, 4) is 0 Å². The Kier molecular flexibility index (Phi) is 4.56. The maximum absolute atomic E-state index is 14.1. The highest BCUT2D eigenvalue weighted by molar-refractivity contribution is 9.10. The fraction of sp³-hybridized carbons (Fsp3) is 0.222. The molecule has 0 bridgehead atoms. The van der Waals surface area contributed by atoms with E-state index in [4.69, 9.17) is 0 Å². The zero-order valence-corrected chi connectivity index (χ0v) is 16.9. The first-order valence-corrected chi connectivity index (χ1v) is 10.5. The number of thiophene rings is 1. The first-order valence-electron chi connectivity index (χ1n) is 7.90. The summed E-state index contributed by atoms with van der Waals surface area (Å²) in [6.45, 7) is 4.20. The van der Waals surface area contributed by atoms with Crippen molar-refractivity contribution in [3.05, 3.63) is 56.9 Å². The molecule has 0 N–H and O–H groups in total. The summed E-state index contributed by atoms with van der Waals surface area (Å²) in [5.41, 5.74) is 2.90. The van der Waals surface area contributed by atoms with Gasteiger partial charge in [0.15, 0.2) is 0 Å². The molecular formula is C18H15BrFN3S2. The van der Waals surface area contributed by atoms with E-state index in [2.05, 4.69) is 56.5 Å². The molecule has 4 rings (SSSR count). The Bertz CT molecular complexity index is 1090. The van der Waals surface area contributed by atoms with E-state index in [0.29, 0.717) is 11.3 Å². The molecular weight excluding hydrogens is 421 g/mol. The number of aryl methyl sites for hydroxylation is 2. The lowest BCUT2D eigenvalue weighted by Gasteiger charge is -2.08. The van der Waals surface area contributed by atoms with Crippen LogP contribution in [-0.2, 0) is 12.2 Å². The Hall–Kier alpha value is -1.44. The number of hydrogen-bond donors (Lipinski definition) is 0. The molecule has 3 heterocycles. The van der Waals surface area contributed by atoms with E-state index >= 15 is 0 Å². The summed E-state index contributed by atoms with van der Waals surface area (Å²) in [7, 11) is 0. The van der Waals surface area contributed by atoms with E-state index < -0.39 is 0 Å². The minimum absolute atomic E-state index is 0.206. The zero-order valence-electron chi connectivity index (χ0n) is 13.7. The predicted molar refractivity (Wildman–Crippen MR) is 106 cm³/mol. The lowest BCUT2D eigenvalue weighted by Crippen LogP contribution is -2.03. The van der Waals surface area contributed by atoms with Crippen LogP contribution in [0.3, 0.4) is 0 Å². The summed E-state index contributed by atoms with van der Waals surface area (Å²) >= 11 is 6.58. The molecule has 0 saturated heterocycles. The van der Waals surface area contributed by atoms with Crippen LogP contribution in [0.1, 0.15) is 23.2 Å². The van der Waals surface area contributed by atoms with Crippen molar-refractivity contribution in [1.82, 2.24) is 14.6 Å². The van der Waals surface area contributed by atoms with E-state index in [9.17, 15) is 4.39 Å². The van der Waals surface area contributed by atoms with Crippen LogP contribution in [0, 0.1) is 12.7 Å². The van der Waals surface area contributed by atoms with Gasteiger partial charge in [0.1, 0.15) is 16.7 Å². The van der Waals surface area contributed by atoms with Crippen molar-refractivity contribution in [1.29, 1.82) is 0 Å². The Morgan fingerprint density at radius 1 is 1.20 bits per heavy atom. The zero-order chi connectivity index (χ0) is 17.6. The normalized spacial score (nSPS) is 11.7. The second-order valence-corrected chi connectivity index (χ2v) is 8.94. The van der Waals surface area contributed by atoms with Gasteiger partial charge in [-0.25, -0.2) is 4.39 Å². The van der Waals surface area contributed by atoms with Crippen molar-refractivity contribution >= 4 is 54.8 Å². The van der Waals surface area contributed by atoms with Crippen molar-refractivity contribution in [2.75, 3.05) is 0 Å². The Labute approximate surface area is 161 Å². The quantitative estimate of drug-likeness (QED) is 0.367. The first-order chi connectivity index (χ1) is 12.1. The molecule has 0 atom stereocenters. The minimum Gasteiger partial charge on any atom is -0.293 e. The van der Waals surface area contributed by atoms with Crippen LogP contribution in [0.5, 0.6) is 0 Å². The third-order valence-electron chi connectivity index (χ3n) is 4.04. The van der Waals surface area contributed by atoms with Crippen LogP contribution in [0.15, 0.2) is 39.8 Å². The molecule has 0 saturated carbocycles. The Morgan fingerprint density at radius 2 is 2.04 bits per heavy atom. The number of benzene rings is 1. The van der Waals surface area contributed by atoms with Crippen LogP contribution < -0.4 is 0 Å². The summed E-state index contributed by atoms with van der Waals surface area (Å²) in [5.74, 6) is 1.26. The molecule has 0 aliphatic carbocycles. The molecule has 0 amide bonds. The van der Waals surface area contributed by atoms with Gasteiger partial charge < -0.3 is 0 Å². The van der Waals surface area contributed by atoms with Crippen molar-refractivity contribution in [3.63, 3.8) is 0 Å². The molecule has 3 aromatic heterocycles. The van der Waals surface area contributed by atoms with Gasteiger partial charge in [-0.15, -0.1) is 21.5 Å². The first kappa shape index (κ1) is 17.0. The summed E-state index contributed by atoms with van der Waals surface area (Å²) in [5, 5.41) is 9.64. The predicted octanol–water partition coefficient (Wildman–Crippen LogP) is 6.01. The standard InChI is InChI=1S/C18H15BrFN3S2/c1-3-17-21-22-18(24-9-11-4-5-12(19)7-13(11)20)15-8-16-14(23(15)17)6-10(2)25-16/h4-8H,3,9H2,1-2H3. The Morgan fingerprint density at radius 3 is 2.80 bits per heavy atom. The van der Waals surface area contributed by atoms with Gasteiger partial charge in [-0.05, 0) is 36.8 Å². The number of halogens is 2. The fourth-order valence-corrected chi connectivity index (χ4v) is 5.07. The van der Waals surface area contributed by atoms with Crippen LogP contribution in [-0.4, -0.2) is 14.6 Å². The van der Waals surface area contributed by atoms with Gasteiger partial charge in [-0.1, -0.05) is 40.7 Å². The number of nitrogens with zero attached hydrogens (tertiary/aromatic N) is 3. The molecule has 25 heavy (non-hydrogen) atoms. The van der Waals surface area contributed by atoms with Crippen LogP contribution in [0.25, 0.3) is 15.7 Å². The topological polar surface area (TPSA) is 30.2 Å². The van der Waals surface area contributed by atoms with Gasteiger partial charge >= 0.3 is 0 Å². The van der Waals surface area contributed by atoms with Gasteiger partial charge in [-0.3, -0.25) is 4.40 Å². The highest BCUT2D eigenvalue weighted by Gasteiger charge is 2.15. The monoisotopic (exact) mass is 435 g/mol. The lowest BCUT2D eigenvalue weighted by atomic mass is 10.2. The molecule has 0 unspecified atom stereocenters. The third-order valence-corrected chi connectivity index (χ3v) is 6.54.